The fourth-order valence-electron chi connectivity index (χ4n) is 4.54. The molecule has 0 unspecified atom stereocenters. The zero-order valence-electron chi connectivity index (χ0n) is 20.8. The number of aromatic nitrogens is 4. The Morgan fingerprint density at radius 3 is 2.44 bits per heavy atom. The summed E-state index contributed by atoms with van der Waals surface area (Å²) < 4.78 is 43.0. The summed E-state index contributed by atoms with van der Waals surface area (Å²) in [4.78, 5) is 34.2. The van der Waals surface area contributed by atoms with Gasteiger partial charge in [0.05, 0.1) is 29.7 Å². The molecule has 39 heavy (non-hydrogen) atoms. The van der Waals surface area contributed by atoms with Gasteiger partial charge < -0.3 is 15.5 Å². The average Bonchev–Trinajstić information content (AvgIpc) is 3.69. The Balaban J connectivity index is 1.30. The van der Waals surface area contributed by atoms with Crippen molar-refractivity contribution in [3.63, 3.8) is 0 Å². The fraction of sp³-hybridized carbons (Fsp3) is 0.385. The standard InChI is InChI=1S/C26H25F3N8O2/c27-26(28,29)21-14-32-25(35-22(21)16-1-3-17(4-2-16)23(38)31-10-9-30)34-19-13-33-37(15-19)20-7-11-36(12-8-20)24(39)18-5-6-18/h1-4,13-15,18,20H,5-8,10-12H2,(H,31,38)(H,32,34,35). The Hall–Kier alpha value is -4.47. The first-order valence-corrected chi connectivity index (χ1v) is 12.5. The molecule has 5 rings (SSSR count). The zero-order valence-corrected chi connectivity index (χ0v) is 20.8. The van der Waals surface area contributed by atoms with E-state index in [4.69, 9.17) is 5.26 Å². The molecule has 0 atom stereocenters. The van der Waals surface area contributed by atoms with Gasteiger partial charge in [-0.2, -0.15) is 23.5 Å². The van der Waals surface area contributed by atoms with Crippen LogP contribution in [0.5, 0.6) is 0 Å². The Kier molecular flexibility index (Phi) is 7.19. The second-order valence-corrected chi connectivity index (χ2v) is 9.54. The number of rotatable bonds is 7. The van der Waals surface area contributed by atoms with Gasteiger partial charge in [-0.25, -0.2) is 9.97 Å². The molecular formula is C26H25F3N8O2. The molecule has 0 spiro atoms. The number of hydrogen-bond donors (Lipinski definition) is 2. The number of nitrogens with zero attached hydrogens (tertiary/aromatic N) is 6. The van der Waals surface area contributed by atoms with Gasteiger partial charge >= 0.3 is 6.18 Å². The van der Waals surface area contributed by atoms with Gasteiger partial charge in [-0.05, 0) is 37.8 Å². The van der Waals surface area contributed by atoms with E-state index in [1.807, 2.05) is 4.90 Å². The minimum atomic E-state index is -4.70. The summed E-state index contributed by atoms with van der Waals surface area (Å²) in [7, 11) is 0. The van der Waals surface area contributed by atoms with Crippen LogP contribution in [0.3, 0.4) is 0 Å². The zero-order chi connectivity index (χ0) is 27.6. The molecule has 1 saturated heterocycles. The van der Waals surface area contributed by atoms with Crippen LogP contribution in [0.25, 0.3) is 11.3 Å². The lowest BCUT2D eigenvalue weighted by atomic mass is 10.0. The van der Waals surface area contributed by atoms with Crippen LogP contribution < -0.4 is 10.6 Å². The molecule has 3 heterocycles. The van der Waals surface area contributed by atoms with Crippen molar-refractivity contribution in [3.05, 3.63) is 54.0 Å². The summed E-state index contributed by atoms with van der Waals surface area (Å²) in [5.74, 6) is -0.120. The molecule has 2 fully saturated rings. The van der Waals surface area contributed by atoms with Crippen LogP contribution in [0.1, 0.15) is 47.6 Å². The third-order valence-electron chi connectivity index (χ3n) is 6.78. The van der Waals surface area contributed by atoms with Crippen molar-refractivity contribution in [2.24, 2.45) is 5.92 Å². The number of nitriles is 1. The molecule has 0 radical (unpaired) electrons. The number of amides is 2. The Labute approximate surface area is 221 Å². The van der Waals surface area contributed by atoms with E-state index in [1.54, 1.807) is 23.1 Å². The minimum absolute atomic E-state index is 0.0433. The van der Waals surface area contributed by atoms with Crippen molar-refractivity contribution in [1.82, 2.24) is 30.0 Å². The van der Waals surface area contributed by atoms with Gasteiger partial charge in [-0.3, -0.25) is 14.3 Å². The summed E-state index contributed by atoms with van der Waals surface area (Å²) in [6.07, 6.45) is 2.82. The van der Waals surface area contributed by atoms with Crippen molar-refractivity contribution in [1.29, 1.82) is 5.26 Å². The highest BCUT2D eigenvalue weighted by Crippen LogP contribution is 2.37. The van der Waals surface area contributed by atoms with E-state index in [-0.39, 0.29) is 47.2 Å². The van der Waals surface area contributed by atoms with E-state index in [1.165, 1.54) is 24.3 Å². The number of likely N-dealkylation sites (tertiary alicyclic amines) is 1. The van der Waals surface area contributed by atoms with Crippen LogP contribution in [0.2, 0.25) is 0 Å². The summed E-state index contributed by atoms with van der Waals surface area (Å²) in [6.45, 7) is 1.16. The minimum Gasteiger partial charge on any atom is -0.342 e. The van der Waals surface area contributed by atoms with E-state index in [2.05, 4.69) is 25.7 Å². The maximum atomic E-state index is 13.7. The Morgan fingerprint density at radius 2 is 1.79 bits per heavy atom. The summed E-state index contributed by atoms with van der Waals surface area (Å²) in [5, 5.41) is 18.3. The Bertz CT molecular complexity index is 1400. The van der Waals surface area contributed by atoms with Gasteiger partial charge in [-0.15, -0.1) is 0 Å². The number of anilines is 2. The van der Waals surface area contributed by atoms with Gasteiger partial charge in [0.2, 0.25) is 11.9 Å². The van der Waals surface area contributed by atoms with E-state index in [0.29, 0.717) is 18.8 Å². The quantitative estimate of drug-likeness (QED) is 0.436. The molecule has 1 aliphatic carbocycles. The molecular weight excluding hydrogens is 513 g/mol. The number of benzene rings is 1. The highest BCUT2D eigenvalue weighted by molar-refractivity contribution is 5.94. The van der Waals surface area contributed by atoms with Crippen molar-refractivity contribution >= 4 is 23.5 Å². The molecule has 0 bridgehead atoms. The molecule has 2 amide bonds. The number of alkyl halides is 3. The third kappa shape index (κ3) is 6.00. The van der Waals surface area contributed by atoms with Crippen molar-refractivity contribution in [3.8, 4) is 17.3 Å². The van der Waals surface area contributed by atoms with Gasteiger partial charge in [0.15, 0.2) is 0 Å². The summed E-state index contributed by atoms with van der Waals surface area (Å²) in [6, 6.07) is 7.35. The predicted octanol–water partition coefficient (Wildman–Crippen LogP) is 3.93. The van der Waals surface area contributed by atoms with Gasteiger partial charge in [-0.1, -0.05) is 12.1 Å². The average molecular weight is 539 g/mol. The van der Waals surface area contributed by atoms with Crippen LogP contribution in [0, 0.1) is 17.2 Å². The highest BCUT2D eigenvalue weighted by atomic mass is 19.4. The van der Waals surface area contributed by atoms with Gasteiger partial charge in [0, 0.05) is 42.5 Å². The molecule has 1 aromatic carbocycles. The van der Waals surface area contributed by atoms with E-state index >= 15 is 0 Å². The fourth-order valence-corrected chi connectivity index (χ4v) is 4.54. The lowest BCUT2D eigenvalue weighted by Gasteiger charge is -2.32. The van der Waals surface area contributed by atoms with Crippen LogP contribution in [0.4, 0.5) is 24.8 Å². The number of nitrogens with one attached hydrogen (secondary N) is 2. The van der Waals surface area contributed by atoms with Crippen LogP contribution >= 0.6 is 0 Å². The number of hydrogen-bond acceptors (Lipinski definition) is 7. The first-order chi connectivity index (χ1) is 18.7. The normalized spacial score (nSPS) is 16.0. The molecule has 13 heteroatoms. The number of carbonyl (C=O) groups is 2. The number of halogens is 3. The highest BCUT2D eigenvalue weighted by Gasteiger charge is 2.36. The van der Waals surface area contributed by atoms with Crippen LogP contribution in [-0.4, -0.2) is 56.1 Å². The SMILES string of the molecule is N#CCNC(=O)c1ccc(-c2nc(Nc3cnn(C4CCN(C(=O)C5CC5)CC4)c3)ncc2C(F)(F)F)cc1. The molecule has 2 aromatic heterocycles. The maximum Gasteiger partial charge on any atom is 0.419 e. The summed E-state index contributed by atoms with van der Waals surface area (Å²) in [5.41, 5.74) is -0.498. The largest absolute Gasteiger partial charge is 0.419 e. The van der Waals surface area contributed by atoms with Gasteiger partial charge in [0.25, 0.3) is 5.91 Å². The predicted molar refractivity (Wildman–Crippen MR) is 134 cm³/mol. The lowest BCUT2D eigenvalue weighted by molar-refractivity contribution is -0.137. The molecule has 1 saturated carbocycles. The lowest BCUT2D eigenvalue weighted by Crippen LogP contribution is -2.39. The molecule has 202 valence electrons. The van der Waals surface area contributed by atoms with Crippen molar-refractivity contribution in [2.75, 3.05) is 25.0 Å². The van der Waals surface area contributed by atoms with Crippen molar-refractivity contribution < 1.29 is 22.8 Å². The van der Waals surface area contributed by atoms with E-state index < -0.39 is 17.6 Å². The topological polar surface area (TPSA) is 129 Å². The first kappa shape index (κ1) is 26.1. The number of carbonyl (C=O) groups excluding carboxylic acids is 2. The van der Waals surface area contributed by atoms with Crippen LogP contribution in [0.15, 0.2) is 42.9 Å². The van der Waals surface area contributed by atoms with Crippen LogP contribution in [-0.2, 0) is 11.0 Å². The monoisotopic (exact) mass is 538 g/mol. The first-order valence-electron chi connectivity index (χ1n) is 12.5. The van der Waals surface area contributed by atoms with Gasteiger partial charge in [0.1, 0.15) is 12.1 Å². The number of piperidine rings is 1. The smallest absolute Gasteiger partial charge is 0.342 e. The van der Waals surface area contributed by atoms with E-state index in [9.17, 15) is 22.8 Å². The second-order valence-electron chi connectivity index (χ2n) is 9.54. The molecule has 1 aliphatic heterocycles. The second kappa shape index (κ2) is 10.7. The summed E-state index contributed by atoms with van der Waals surface area (Å²) >= 11 is 0. The molecule has 2 aliphatic rings. The third-order valence-corrected chi connectivity index (χ3v) is 6.78. The Morgan fingerprint density at radius 1 is 1.08 bits per heavy atom. The van der Waals surface area contributed by atoms with E-state index in [0.717, 1.165) is 31.9 Å². The molecule has 10 nitrogen and oxygen atoms in total. The maximum absolute atomic E-state index is 13.7. The molecule has 2 N–H and O–H groups in total. The molecule has 3 aromatic rings. The van der Waals surface area contributed by atoms with Crippen molar-refractivity contribution in [2.45, 2.75) is 37.9 Å².